The maximum absolute atomic E-state index is 3.95. The second-order valence-corrected chi connectivity index (χ2v) is 9.63. The first kappa shape index (κ1) is 11.4. The molecule has 84 valence electrons. The fourth-order valence-electron chi connectivity index (χ4n) is 1.94. The van der Waals surface area contributed by atoms with Crippen molar-refractivity contribution in [1.82, 2.24) is 0 Å². The van der Waals surface area contributed by atoms with Crippen molar-refractivity contribution in [1.29, 1.82) is 0 Å². The van der Waals surface area contributed by atoms with E-state index >= 15 is 0 Å². The summed E-state index contributed by atoms with van der Waals surface area (Å²) < 4.78 is 0. The number of rotatable bonds is 4. The summed E-state index contributed by atoms with van der Waals surface area (Å²) in [6, 6.07) is 9.16. The first-order chi connectivity index (χ1) is 7.62. The maximum Gasteiger partial charge on any atom is 0.103 e. The van der Waals surface area contributed by atoms with Crippen molar-refractivity contribution in [2.24, 2.45) is 0 Å². The molecule has 1 aliphatic carbocycles. The number of hydrogen-bond donors (Lipinski definition) is 0. The minimum absolute atomic E-state index is 1.15. The van der Waals surface area contributed by atoms with E-state index in [-0.39, 0.29) is 0 Å². The Hall–Kier alpha value is -1.08. The van der Waals surface area contributed by atoms with E-state index in [0.29, 0.717) is 0 Å². The van der Waals surface area contributed by atoms with Gasteiger partial charge in [0.05, 0.1) is 0 Å². The van der Waals surface area contributed by atoms with E-state index in [2.05, 4.69) is 55.7 Å². The molecule has 0 saturated carbocycles. The standard InChI is InChI=1S/C15H20Si/c1-4-16(2,3)15-10-8-14(9-11-15)12-13-6-5-7-13/h4,6,8-11H,1,5,7,12H2,2-3H3. The molecule has 0 heterocycles. The van der Waals surface area contributed by atoms with E-state index < -0.39 is 8.07 Å². The quantitative estimate of drug-likeness (QED) is 0.546. The number of hydrogen-bond acceptors (Lipinski definition) is 0. The van der Waals surface area contributed by atoms with Gasteiger partial charge in [-0.25, -0.2) is 0 Å². The van der Waals surface area contributed by atoms with Gasteiger partial charge in [-0.3, -0.25) is 0 Å². The molecule has 0 amide bonds. The Balaban J connectivity index is 2.12. The molecule has 0 unspecified atom stereocenters. The predicted octanol–water partition coefficient (Wildman–Crippen LogP) is 3.59. The molecule has 0 spiro atoms. The lowest BCUT2D eigenvalue weighted by molar-refractivity contribution is 0.830. The Kier molecular flexibility index (Phi) is 3.15. The average Bonchev–Trinajstić information content (AvgIpc) is 2.24. The summed E-state index contributed by atoms with van der Waals surface area (Å²) in [5.41, 5.74) is 5.20. The third kappa shape index (κ3) is 2.35. The van der Waals surface area contributed by atoms with Gasteiger partial charge in [-0.1, -0.05) is 59.9 Å². The molecule has 1 aromatic carbocycles. The lowest BCUT2D eigenvalue weighted by atomic mass is 9.93. The zero-order chi connectivity index (χ0) is 11.6. The summed E-state index contributed by atoms with van der Waals surface area (Å²) >= 11 is 0. The molecule has 0 aliphatic heterocycles. The van der Waals surface area contributed by atoms with Crippen LogP contribution in [0.15, 0.2) is 48.2 Å². The van der Waals surface area contributed by atoms with Gasteiger partial charge in [-0.15, -0.1) is 6.58 Å². The normalized spacial score (nSPS) is 15.2. The molecule has 0 aromatic heterocycles. The zero-order valence-electron chi connectivity index (χ0n) is 10.3. The Labute approximate surface area is 99.7 Å². The van der Waals surface area contributed by atoms with Crippen LogP contribution >= 0.6 is 0 Å². The zero-order valence-corrected chi connectivity index (χ0v) is 11.3. The van der Waals surface area contributed by atoms with Crippen molar-refractivity contribution in [2.45, 2.75) is 32.4 Å². The fraction of sp³-hybridized carbons (Fsp3) is 0.333. The molecule has 0 nitrogen and oxygen atoms in total. The largest absolute Gasteiger partial charge is 0.107 e. The second-order valence-electron chi connectivity index (χ2n) is 5.20. The van der Waals surface area contributed by atoms with Crippen LogP contribution in [0.3, 0.4) is 0 Å². The van der Waals surface area contributed by atoms with E-state index in [4.69, 9.17) is 0 Å². The summed E-state index contributed by atoms with van der Waals surface area (Å²) in [4.78, 5) is 0. The van der Waals surface area contributed by atoms with Crippen LogP contribution in [0, 0.1) is 0 Å². The van der Waals surface area contributed by atoms with Crippen molar-refractivity contribution in [3.63, 3.8) is 0 Å². The minimum Gasteiger partial charge on any atom is -0.107 e. The summed E-state index contributed by atoms with van der Waals surface area (Å²) in [6.07, 6.45) is 6.09. The van der Waals surface area contributed by atoms with Crippen LogP contribution in [0.2, 0.25) is 13.1 Å². The van der Waals surface area contributed by atoms with Crippen molar-refractivity contribution >= 4 is 13.3 Å². The van der Waals surface area contributed by atoms with Gasteiger partial charge < -0.3 is 0 Å². The lowest BCUT2D eigenvalue weighted by Gasteiger charge is -2.19. The first-order valence-electron chi connectivity index (χ1n) is 6.03. The van der Waals surface area contributed by atoms with Gasteiger partial charge in [0, 0.05) is 0 Å². The van der Waals surface area contributed by atoms with Gasteiger partial charge in [0.15, 0.2) is 0 Å². The third-order valence-electron chi connectivity index (χ3n) is 3.54. The Morgan fingerprint density at radius 2 is 1.88 bits per heavy atom. The molecule has 1 heteroatoms. The van der Waals surface area contributed by atoms with Crippen LogP contribution in [0.25, 0.3) is 0 Å². The summed E-state index contributed by atoms with van der Waals surface area (Å²) in [7, 11) is -1.36. The van der Waals surface area contributed by atoms with Crippen LogP contribution in [0.4, 0.5) is 0 Å². The molecule has 0 bridgehead atoms. The van der Waals surface area contributed by atoms with Crippen LogP contribution < -0.4 is 5.19 Å². The Morgan fingerprint density at radius 3 is 2.31 bits per heavy atom. The number of allylic oxidation sites excluding steroid dienone is 2. The van der Waals surface area contributed by atoms with E-state index in [1.807, 2.05) is 0 Å². The first-order valence-corrected chi connectivity index (χ1v) is 9.10. The van der Waals surface area contributed by atoms with Crippen LogP contribution in [0.5, 0.6) is 0 Å². The molecule has 1 aliphatic rings. The molecule has 0 saturated heterocycles. The van der Waals surface area contributed by atoms with Gasteiger partial charge in [0.25, 0.3) is 0 Å². The highest BCUT2D eigenvalue weighted by molar-refractivity contribution is 6.93. The summed E-state index contributed by atoms with van der Waals surface area (Å²) in [5, 5.41) is 1.48. The van der Waals surface area contributed by atoms with Gasteiger partial charge in [0.2, 0.25) is 0 Å². The third-order valence-corrected chi connectivity index (χ3v) is 6.38. The molecular formula is C15H20Si. The van der Waals surface area contributed by atoms with E-state index in [1.165, 1.54) is 23.6 Å². The van der Waals surface area contributed by atoms with Crippen molar-refractivity contribution in [2.75, 3.05) is 0 Å². The molecule has 0 N–H and O–H groups in total. The minimum atomic E-state index is -1.36. The molecule has 2 rings (SSSR count). The monoisotopic (exact) mass is 228 g/mol. The average molecular weight is 228 g/mol. The van der Waals surface area contributed by atoms with Crippen molar-refractivity contribution < 1.29 is 0 Å². The molecule has 0 radical (unpaired) electrons. The Morgan fingerprint density at radius 1 is 1.25 bits per heavy atom. The molecule has 0 fully saturated rings. The summed E-state index contributed by atoms with van der Waals surface area (Å²) in [6.45, 7) is 8.63. The van der Waals surface area contributed by atoms with Crippen LogP contribution in [-0.4, -0.2) is 8.07 Å². The molecular weight excluding hydrogens is 208 g/mol. The maximum atomic E-state index is 3.95. The van der Waals surface area contributed by atoms with Gasteiger partial charge in [0.1, 0.15) is 8.07 Å². The van der Waals surface area contributed by atoms with Crippen molar-refractivity contribution in [3.05, 3.63) is 53.8 Å². The highest BCUT2D eigenvalue weighted by Gasteiger charge is 2.18. The van der Waals surface area contributed by atoms with Crippen LogP contribution in [0.1, 0.15) is 18.4 Å². The van der Waals surface area contributed by atoms with Gasteiger partial charge in [-0.2, -0.15) is 0 Å². The van der Waals surface area contributed by atoms with E-state index in [0.717, 1.165) is 6.42 Å². The van der Waals surface area contributed by atoms with Crippen LogP contribution in [-0.2, 0) is 6.42 Å². The fourth-order valence-corrected chi connectivity index (χ4v) is 3.20. The smallest absolute Gasteiger partial charge is 0.103 e. The molecule has 16 heavy (non-hydrogen) atoms. The molecule has 0 atom stereocenters. The van der Waals surface area contributed by atoms with Gasteiger partial charge >= 0.3 is 0 Å². The second kappa shape index (κ2) is 4.42. The highest BCUT2D eigenvalue weighted by atomic mass is 28.3. The Bertz CT molecular complexity index is 410. The molecule has 1 aromatic rings. The highest BCUT2D eigenvalue weighted by Crippen LogP contribution is 2.22. The van der Waals surface area contributed by atoms with Crippen molar-refractivity contribution in [3.8, 4) is 0 Å². The number of benzene rings is 1. The van der Waals surface area contributed by atoms with E-state index in [9.17, 15) is 0 Å². The lowest BCUT2D eigenvalue weighted by Crippen LogP contribution is -2.39. The van der Waals surface area contributed by atoms with Gasteiger partial charge in [-0.05, 0) is 24.8 Å². The SMILES string of the molecule is C=C[Si](C)(C)c1ccc(CC2=CCC2)cc1. The topological polar surface area (TPSA) is 0 Å². The van der Waals surface area contributed by atoms with E-state index in [1.54, 1.807) is 5.57 Å². The summed E-state index contributed by atoms with van der Waals surface area (Å²) in [5.74, 6) is 0. The predicted molar refractivity (Wildman–Crippen MR) is 74.8 cm³/mol.